The van der Waals surface area contributed by atoms with Gasteiger partial charge in [-0.25, -0.2) is 9.59 Å². The Kier molecular flexibility index (Phi) is 5.83. The van der Waals surface area contributed by atoms with Crippen LogP contribution in [0.1, 0.15) is 32.3 Å². The van der Waals surface area contributed by atoms with Crippen molar-refractivity contribution < 1.29 is 19.4 Å². The number of rotatable bonds is 5. The molecular formula is C18H26N2O4. The van der Waals surface area contributed by atoms with Gasteiger partial charge in [0.1, 0.15) is 12.1 Å². The molecule has 0 spiro atoms. The molecule has 0 radical (unpaired) electrons. The number of ether oxygens (including phenoxy) is 1. The lowest BCUT2D eigenvalue weighted by Crippen LogP contribution is -2.63. The smallest absolute Gasteiger partial charge is 0.411 e. The summed E-state index contributed by atoms with van der Waals surface area (Å²) in [6, 6.07) is 9.47. The second kappa shape index (κ2) is 7.66. The fraction of sp³-hybridized carbons (Fsp3) is 0.556. The fourth-order valence-corrected chi connectivity index (χ4v) is 3.29. The molecule has 6 nitrogen and oxygen atoms in total. The Morgan fingerprint density at radius 3 is 2.58 bits per heavy atom. The number of hydrogen-bond acceptors (Lipinski definition) is 4. The molecule has 1 saturated heterocycles. The van der Waals surface area contributed by atoms with Crippen molar-refractivity contribution in [2.75, 3.05) is 20.1 Å². The van der Waals surface area contributed by atoms with Gasteiger partial charge in [-0.05, 0) is 39.3 Å². The lowest BCUT2D eigenvalue weighted by molar-refractivity contribution is -0.155. The van der Waals surface area contributed by atoms with Crippen molar-refractivity contribution in [3.05, 3.63) is 35.9 Å². The molecule has 1 N–H and O–H groups in total. The molecule has 2 atom stereocenters. The average Bonchev–Trinajstić information content (AvgIpc) is 2.57. The normalized spacial score (nSPS) is 24.4. The van der Waals surface area contributed by atoms with Crippen LogP contribution in [-0.4, -0.2) is 58.7 Å². The molecular weight excluding hydrogens is 308 g/mol. The number of carboxylic acid groups (broad SMARTS) is 1. The van der Waals surface area contributed by atoms with E-state index in [9.17, 15) is 14.7 Å². The van der Waals surface area contributed by atoms with E-state index in [2.05, 4.69) is 4.90 Å². The molecule has 24 heavy (non-hydrogen) atoms. The minimum atomic E-state index is -1.20. The van der Waals surface area contributed by atoms with E-state index in [0.29, 0.717) is 25.9 Å². The van der Waals surface area contributed by atoms with Crippen LogP contribution >= 0.6 is 0 Å². The van der Waals surface area contributed by atoms with Crippen LogP contribution in [0.5, 0.6) is 0 Å². The largest absolute Gasteiger partial charge is 0.479 e. The number of carbonyl (C=O) groups is 2. The molecule has 1 amide bonds. The molecule has 1 aliphatic heterocycles. The first-order valence-corrected chi connectivity index (χ1v) is 8.32. The van der Waals surface area contributed by atoms with Crippen molar-refractivity contribution in [2.45, 2.75) is 44.9 Å². The number of amides is 1. The Morgan fingerprint density at radius 1 is 1.38 bits per heavy atom. The van der Waals surface area contributed by atoms with Gasteiger partial charge in [-0.2, -0.15) is 0 Å². The topological polar surface area (TPSA) is 70.1 Å². The van der Waals surface area contributed by atoms with Crippen LogP contribution in [0, 0.1) is 0 Å². The van der Waals surface area contributed by atoms with Crippen LogP contribution in [0.25, 0.3) is 0 Å². The van der Waals surface area contributed by atoms with Crippen molar-refractivity contribution in [3.8, 4) is 0 Å². The van der Waals surface area contributed by atoms with E-state index in [1.807, 2.05) is 44.3 Å². The lowest BCUT2D eigenvalue weighted by atomic mass is 9.82. The molecule has 132 valence electrons. The number of aliphatic carboxylic acids is 1. The summed E-state index contributed by atoms with van der Waals surface area (Å²) in [6.45, 7) is 4.85. The Labute approximate surface area is 143 Å². The predicted molar refractivity (Wildman–Crippen MR) is 90.7 cm³/mol. The molecule has 1 aromatic rings. The van der Waals surface area contributed by atoms with Gasteiger partial charge in [0.25, 0.3) is 0 Å². The molecule has 1 heterocycles. The van der Waals surface area contributed by atoms with E-state index in [-0.39, 0.29) is 12.6 Å². The van der Waals surface area contributed by atoms with Crippen molar-refractivity contribution >= 4 is 12.1 Å². The number of carboxylic acids is 1. The van der Waals surface area contributed by atoms with E-state index in [0.717, 1.165) is 5.56 Å². The van der Waals surface area contributed by atoms with Crippen molar-refractivity contribution in [1.29, 1.82) is 0 Å². The summed E-state index contributed by atoms with van der Waals surface area (Å²) in [4.78, 5) is 28.1. The standard InChI is InChI=1S/C18H26N2O4/c1-4-20(17(23)24-13-15-8-6-5-7-9-15)18(16(21)22)10-11-19(3)14(2)12-18/h5-9,14H,4,10-13H2,1-3H3,(H,21,22). The van der Waals surface area contributed by atoms with Crippen LogP contribution in [0.15, 0.2) is 30.3 Å². The van der Waals surface area contributed by atoms with Gasteiger partial charge in [0.15, 0.2) is 0 Å². The van der Waals surface area contributed by atoms with Crippen LogP contribution in [0.3, 0.4) is 0 Å². The molecule has 2 rings (SSSR count). The summed E-state index contributed by atoms with van der Waals surface area (Å²) in [7, 11) is 1.97. The maximum absolute atomic E-state index is 12.6. The zero-order valence-electron chi connectivity index (χ0n) is 14.6. The van der Waals surface area contributed by atoms with E-state index >= 15 is 0 Å². The van der Waals surface area contributed by atoms with E-state index in [4.69, 9.17) is 4.74 Å². The third-order valence-electron chi connectivity index (χ3n) is 4.92. The zero-order valence-corrected chi connectivity index (χ0v) is 14.6. The number of benzene rings is 1. The summed E-state index contributed by atoms with van der Waals surface area (Å²) in [6.07, 6.45) is 0.227. The molecule has 2 unspecified atom stereocenters. The summed E-state index contributed by atoms with van der Waals surface area (Å²) in [5, 5.41) is 9.86. The maximum Gasteiger partial charge on any atom is 0.411 e. The van der Waals surface area contributed by atoms with Gasteiger partial charge in [-0.15, -0.1) is 0 Å². The van der Waals surface area contributed by atoms with Gasteiger partial charge in [0, 0.05) is 19.1 Å². The Hall–Kier alpha value is -2.08. The molecule has 6 heteroatoms. The quantitative estimate of drug-likeness (QED) is 0.896. The molecule has 0 aliphatic carbocycles. The first kappa shape index (κ1) is 18.3. The van der Waals surface area contributed by atoms with Crippen molar-refractivity contribution in [2.24, 2.45) is 0 Å². The molecule has 0 bridgehead atoms. The van der Waals surface area contributed by atoms with E-state index in [1.165, 1.54) is 4.90 Å². The predicted octanol–water partition coefficient (Wildman–Crippen LogP) is 2.58. The van der Waals surface area contributed by atoms with Crippen LogP contribution in [0.2, 0.25) is 0 Å². The highest BCUT2D eigenvalue weighted by molar-refractivity contribution is 5.84. The number of carbonyl (C=O) groups excluding carboxylic acids is 1. The minimum Gasteiger partial charge on any atom is -0.479 e. The van der Waals surface area contributed by atoms with Crippen LogP contribution in [-0.2, 0) is 16.1 Å². The molecule has 0 saturated carbocycles. The Bertz CT molecular complexity index is 578. The summed E-state index contributed by atoms with van der Waals surface area (Å²) in [5.74, 6) is -0.957. The van der Waals surface area contributed by atoms with Gasteiger partial charge in [-0.3, -0.25) is 4.90 Å². The highest BCUT2D eigenvalue weighted by Gasteiger charge is 2.50. The number of likely N-dealkylation sites (tertiary alicyclic amines) is 1. The monoisotopic (exact) mass is 334 g/mol. The second-order valence-electron chi connectivity index (χ2n) is 6.40. The minimum absolute atomic E-state index is 0.0887. The second-order valence-corrected chi connectivity index (χ2v) is 6.40. The Morgan fingerprint density at radius 2 is 2.04 bits per heavy atom. The molecule has 0 aromatic heterocycles. The molecule has 1 fully saturated rings. The summed E-state index contributed by atoms with van der Waals surface area (Å²) in [5.41, 5.74) is -0.322. The number of nitrogens with zero attached hydrogens (tertiary/aromatic N) is 2. The van der Waals surface area contributed by atoms with E-state index < -0.39 is 17.6 Å². The first-order chi connectivity index (χ1) is 11.4. The number of hydrogen-bond donors (Lipinski definition) is 1. The highest BCUT2D eigenvalue weighted by atomic mass is 16.6. The molecule has 1 aliphatic rings. The number of piperidine rings is 1. The average molecular weight is 334 g/mol. The van der Waals surface area contributed by atoms with Gasteiger partial charge >= 0.3 is 12.1 Å². The summed E-state index contributed by atoms with van der Waals surface area (Å²) >= 11 is 0. The highest BCUT2D eigenvalue weighted by Crippen LogP contribution is 2.33. The van der Waals surface area contributed by atoms with Gasteiger partial charge < -0.3 is 14.7 Å². The first-order valence-electron chi connectivity index (χ1n) is 8.32. The van der Waals surface area contributed by atoms with E-state index in [1.54, 1.807) is 6.92 Å². The maximum atomic E-state index is 12.6. The van der Waals surface area contributed by atoms with Crippen molar-refractivity contribution in [1.82, 2.24) is 9.80 Å². The Balaban J connectivity index is 2.14. The SMILES string of the molecule is CCN(C(=O)OCc1ccccc1)C1(C(=O)O)CCN(C)C(C)C1. The molecule has 1 aromatic carbocycles. The zero-order chi connectivity index (χ0) is 17.7. The number of likely N-dealkylation sites (N-methyl/N-ethyl adjacent to an activating group) is 1. The van der Waals surface area contributed by atoms with Gasteiger partial charge in [0.05, 0.1) is 0 Å². The third-order valence-corrected chi connectivity index (χ3v) is 4.92. The van der Waals surface area contributed by atoms with Crippen molar-refractivity contribution in [3.63, 3.8) is 0 Å². The van der Waals surface area contributed by atoms with Gasteiger partial charge in [-0.1, -0.05) is 30.3 Å². The van der Waals surface area contributed by atoms with Crippen LogP contribution < -0.4 is 0 Å². The lowest BCUT2D eigenvalue weighted by Gasteiger charge is -2.46. The summed E-state index contributed by atoms with van der Waals surface area (Å²) < 4.78 is 5.38. The van der Waals surface area contributed by atoms with Gasteiger partial charge in [0.2, 0.25) is 0 Å². The third kappa shape index (κ3) is 3.70. The fourth-order valence-electron chi connectivity index (χ4n) is 3.29. The van der Waals surface area contributed by atoms with Crippen LogP contribution in [0.4, 0.5) is 4.79 Å².